The summed E-state index contributed by atoms with van der Waals surface area (Å²) in [5.74, 6) is -0.687. The lowest BCUT2D eigenvalue weighted by molar-refractivity contribution is -0.147. The summed E-state index contributed by atoms with van der Waals surface area (Å²) in [6, 6.07) is 0. The molecule has 4 nitrogen and oxygen atoms in total. The minimum atomic E-state index is -0.687. The van der Waals surface area contributed by atoms with E-state index in [-0.39, 0.29) is 0 Å². The lowest BCUT2D eigenvalue weighted by Gasteiger charge is -2.19. The predicted octanol–water partition coefficient (Wildman–Crippen LogP) is 2.00. The average Bonchev–Trinajstić information content (AvgIpc) is 2.87. The van der Waals surface area contributed by atoms with Gasteiger partial charge in [-0.1, -0.05) is 6.92 Å². The third-order valence-electron chi connectivity index (χ3n) is 3.36. The van der Waals surface area contributed by atoms with Gasteiger partial charge in [0.15, 0.2) is 0 Å². The van der Waals surface area contributed by atoms with Gasteiger partial charge in [0.05, 0.1) is 16.1 Å². The van der Waals surface area contributed by atoms with Gasteiger partial charge in [-0.05, 0) is 26.3 Å². The second-order valence-electron chi connectivity index (χ2n) is 4.91. The van der Waals surface area contributed by atoms with Gasteiger partial charge < -0.3 is 5.11 Å². The maximum absolute atomic E-state index is 11.1. The quantitative estimate of drug-likeness (QED) is 0.893. The van der Waals surface area contributed by atoms with Gasteiger partial charge >= 0.3 is 5.97 Å². The Labute approximate surface area is 105 Å². The van der Waals surface area contributed by atoms with Crippen LogP contribution in [0.15, 0.2) is 5.38 Å². The number of aliphatic carboxylic acids is 1. The van der Waals surface area contributed by atoms with Gasteiger partial charge in [-0.25, -0.2) is 4.98 Å². The van der Waals surface area contributed by atoms with E-state index >= 15 is 0 Å². The molecule has 1 aliphatic heterocycles. The lowest BCUT2D eigenvalue weighted by Crippen LogP contribution is -2.31. The molecule has 0 bridgehead atoms. The van der Waals surface area contributed by atoms with E-state index in [1.807, 2.05) is 6.92 Å². The van der Waals surface area contributed by atoms with Gasteiger partial charge in [0.2, 0.25) is 0 Å². The van der Waals surface area contributed by atoms with Crippen LogP contribution in [0.5, 0.6) is 0 Å². The Hall–Kier alpha value is -0.940. The molecule has 0 saturated carbocycles. The van der Waals surface area contributed by atoms with Crippen LogP contribution in [-0.4, -0.2) is 34.0 Å². The average molecular weight is 254 g/mol. The van der Waals surface area contributed by atoms with Crippen LogP contribution >= 0.6 is 11.3 Å². The zero-order valence-corrected chi connectivity index (χ0v) is 11.1. The van der Waals surface area contributed by atoms with Crippen molar-refractivity contribution < 1.29 is 9.90 Å². The first-order valence-electron chi connectivity index (χ1n) is 5.92. The fourth-order valence-electron chi connectivity index (χ4n) is 2.18. The number of carboxylic acids is 1. The molecule has 0 spiro atoms. The number of rotatable bonds is 4. The number of carboxylic acid groups (broad SMARTS) is 1. The van der Waals surface area contributed by atoms with Crippen molar-refractivity contribution in [2.24, 2.45) is 5.41 Å². The highest BCUT2D eigenvalue weighted by atomic mass is 32.1. The maximum atomic E-state index is 11.1. The predicted molar refractivity (Wildman–Crippen MR) is 67.1 cm³/mol. The third-order valence-corrected chi connectivity index (χ3v) is 4.40. The van der Waals surface area contributed by atoms with Crippen molar-refractivity contribution >= 4 is 17.3 Å². The third kappa shape index (κ3) is 2.66. The molecule has 2 heterocycles. The van der Waals surface area contributed by atoms with E-state index in [9.17, 15) is 4.79 Å². The number of aromatic nitrogens is 1. The molecule has 1 aromatic heterocycles. The van der Waals surface area contributed by atoms with Gasteiger partial charge in [0.25, 0.3) is 0 Å². The summed E-state index contributed by atoms with van der Waals surface area (Å²) in [6.45, 7) is 6.18. The SMILES string of the molecule is CCc1nc(CN2CCC(C)(C(=O)O)C2)cs1. The number of hydrogen-bond acceptors (Lipinski definition) is 4. The molecule has 0 amide bonds. The summed E-state index contributed by atoms with van der Waals surface area (Å²) in [4.78, 5) is 17.8. The van der Waals surface area contributed by atoms with Gasteiger partial charge in [0.1, 0.15) is 0 Å². The van der Waals surface area contributed by atoms with Crippen LogP contribution in [0, 0.1) is 5.41 Å². The number of nitrogens with zero attached hydrogens (tertiary/aromatic N) is 2. The fraction of sp³-hybridized carbons (Fsp3) is 0.667. The van der Waals surface area contributed by atoms with Crippen molar-refractivity contribution in [2.75, 3.05) is 13.1 Å². The molecule has 1 unspecified atom stereocenters. The number of hydrogen-bond donors (Lipinski definition) is 1. The molecule has 2 rings (SSSR count). The zero-order chi connectivity index (χ0) is 12.5. The van der Waals surface area contributed by atoms with Crippen LogP contribution in [0.3, 0.4) is 0 Å². The molecule has 1 saturated heterocycles. The van der Waals surface area contributed by atoms with Crippen LogP contribution in [-0.2, 0) is 17.8 Å². The van der Waals surface area contributed by atoms with E-state index in [1.165, 1.54) is 0 Å². The topological polar surface area (TPSA) is 53.4 Å². The van der Waals surface area contributed by atoms with E-state index in [0.29, 0.717) is 6.54 Å². The van der Waals surface area contributed by atoms with Crippen molar-refractivity contribution in [3.8, 4) is 0 Å². The molecular formula is C12H18N2O2S. The molecule has 0 radical (unpaired) electrons. The summed E-state index contributed by atoms with van der Waals surface area (Å²) in [5.41, 5.74) is 0.491. The minimum Gasteiger partial charge on any atom is -0.481 e. The normalized spacial score (nSPS) is 25.3. The van der Waals surface area contributed by atoms with E-state index < -0.39 is 11.4 Å². The first-order chi connectivity index (χ1) is 8.03. The Morgan fingerprint density at radius 2 is 2.47 bits per heavy atom. The molecule has 17 heavy (non-hydrogen) atoms. The number of carbonyl (C=O) groups is 1. The second-order valence-corrected chi connectivity index (χ2v) is 5.86. The highest BCUT2D eigenvalue weighted by Crippen LogP contribution is 2.31. The zero-order valence-electron chi connectivity index (χ0n) is 10.3. The summed E-state index contributed by atoms with van der Waals surface area (Å²) in [5, 5.41) is 12.4. The van der Waals surface area contributed by atoms with Crippen molar-refractivity contribution in [2.45, 2.75) is 33.2 Å². The summed E-state index contributed by atoms with van der Waals surface area (Å²) >= 11 is 1.69. The molecule has 5 heteroatoms. The molecule has 0 aromatic carbocycles. The van der Waals surface area contributed by atoms with Crippen molar-refractivity contribution in [3.63, 3.8) is 0 Å². The van der Waals surface area contributed by atoms with Gasteiger partial charge in [-0.3, -0.25) is 9.69 Å². The Morgan fingerprint density at radius 3 is 3.00 bits per heavy atom. The minimum absolute atomic E-state index is 0.580. The van der Waals surface area contributed by atoms with Gasteiger partial charge in [-0.2, -0.15) is 0 Å². The Bertz CT molecular complexity index is 418. The molecule has 94 valence electrons. The van der Waals surface area contributed by atoms with Crippen LogP contribution in [0.1, 0.15) is 31.0 Å². The summed E-state index contributed by atoms with van der Waals surface area (Å²) < 4.78 is 0. The second kappa shape index (κ2) is 4.74. The van der Waals surface area contributed by atoms with Crippen LogP contribution in [0.25, 0.3) is 0 Å². The molecule has 1 N–H and O–H groups in total. The summed E-state index contributed by atoms with van der Waals surface area (Å²) in [7, 11) is 0. The molecule has 1 atom stereocenters. The van der Waals surface area contributed by atoms with E-state index in [1.54, 1.807) is 11.3 Å². The lowest BCUT2D eigenvalue weighted by atomic mass is 9.90. The highest BCUT2D eigenvalue weighted by Gasteiger charge is 2.40. The monoisotopic (exact) mass is 254 g/mol. The largest absolute Gasteiger partial charge is 0.481 e. The van der Waals surface area contributed by atoms with Crippen LogP contribution in [0.2, 0.25) is 0 Å². The van der Waals surface area contributed by atoms with Crippen LogP contribution in [0.4, 0.5) is 0 Å². The van der Waals surface area contributed by atoms with Crippen molar-refractivity contribution in [1.29, 1.82) is 0 Å². The summed E-state index contributed by atoms with van der Waals surface area (Å²) in [6.07, 6.45) is 1.70. The smallest absolute Gasteiger partial charge is 0.310 e. The van der Waals surface area contributed by atoms with Crippen LogP contribution < -0.4 is 0 Å². The van der Waals surface area contributed by atoms with Gasteiger partial charge in [0, 0.05) is 18.5 Å². The number of likely N-dealkylation sites (tertiary alicyclic amines) is 1. The Balaban J connectivity index is 1.96. The number of thiazole rings is 1. The van der Waals surface area contributed by atoms with Crippen molar-refractivity contribution in [3.05, 3.63) is 16.1 Å². The Kier molecular flexibility index (Phi) is 3.49. The molecule has 0 aliphatic carbocycles. The van der Waals surface area contributed by atoms with Gasteiger partial charge in [-0.15, -0.1) is 11.3 Å². The molecular weight excluding hydrogens is 236 g/mol. The molecule has 1 fully saturated rings. The van der Waals surface area contributed by atoms with E-state index in [4.69, 9.17) is 5.11 Å². The van der Waals surface area contributed by atoms with E-state index in [2.05, 4.69) is 22.2 Å². The van der Waals surface area contributed by atoms with E-state index in [0.717, 1.165) is 36.6 Å². The first-order valence-corrected chi connectivity index (χ1v) is 6.80. The van der Waals surface area contributed by atoms with Crippen molar-refractivity contribution in [1.82, 2.24) is 9.88 Å². The molecule has 1 aliphatic rings. The fourth-order valence-corrected chi connectivity index (χ4v) is 2.92. The highest BCUT2D eigenvalue weighted by molar-refractivity contribution is 7.09. The first kappa shape index (κ1) is 12.5. The molecule has 1 aromatic rings. The maximum Gasteiger partial charge on any atom is 0.310 e. The standard InChI is InChI=1S/C12H18N2O2S/c1-3-10-13-9(7-17-10)6-14-5-4-12(2,8-14)11(15)16/h7H,3-6,8H2,1-2H3,(H,15,16). The Morgan fingerprint density at radius 1 is 1.71 bits per heavy atom. The number of aryl methyl sites for hydroxylation is 1.